The maximum Gasteiger partial charge on any atom is 0.162 e. The molecule has 1 atom stereocenters. The fourth-order valence-electron chi connectivity index (χ4n) is 3.12. The molecule has 0 spiro atoms. The summed E-state index contributed by atoms with van der Waals surface area (Å²) >= 11 is 0. The van der Waals surface area contributed by atoms with Crippen molar-refractivity contribution in [1.29, 1.82) is 0 Å². The third-order valence-electron chi connectivity index (χ3n) is 4.64. The molecule has 0 N–H and O–H groups in total. The molecular weight excluding hydrogens is 302 g/mol. The second kappa shape index (κ2) is 7.62. The molecule has 1 saturated heterocycles. The van der Waals surface area contributed by atoms with Crippen molar-refractivity contribution in [3.8, 4) is 11.4 Å². The first kappa shape index (κ1) is 16.7. The molecule has 24 heavy (non-hydrogen) atoms. The number of hydrogen-bond acceptors (Lipinski definition) is 4. The molecular formula is C19H25N3O2. The summed E-state index contributed by atoms with van der Waals surface area (Å²) in [5, 5.41) is 4.21. The number of likely N-dealkylation sites (tertiary alicyclic amines) is 1. The molecule has 0 unspecified atom stereocenters. The van der Waals surface area contributed by atoms with E-state index >= 15 is 0 Å². The highest BCUT2D eigenvalue weighted by Gasteiger charge is 2.19. The Morgan fingerprint density at radius 1 is 1.33 bits per heavy atom. The van der Waals surface area contributed by atoms with Gasteiger partial charge < -0.3 is 9.64 Å². The number of rotatable bonds is 7. The summed E-state index contributed by atoms with van der Waals surface area (Å²) in [6, 6.07) is 8.52. The van der Waals surface area contributed by atoms with Crippen LogP contribution in [0.25, 0.3) is 5.69 Å². The molecule has 5 nitrogen and oxygen atoms in total. The van der Waals surface area contributed by atoms with Gasteiger partial charge in [-0.15, -0.1) is 0 Å². The van der Waals surface area contributed by atoms with Crippen LogP contribution in [0.3, 0.4) is 0 Å². The van der Waals surface area contributed by atoms with Crippen LogP contribution >= 0.6 is 0 Å². The molecule has 2 heterocycles. The molecule has 0 aliphatic carbocycles. The molecule has 0 saturated carbocycles. The summed E-state index contributed by atoms with van der Waals surface area (Å²) in [4.78, 5) is 13.9. The SMILES string of the molecule is CC(=O)c1cnn(-c2ccc(OCCCN3CCC[C@H]3C)cc2)c1. The number of carbonyl (C=O) groups excluding carboxylic acids is 1. The van der Waals surface area contributed by atoms with Crippen molar-refractivity contribution in [1.82, 2.24) is 14.7 Å². The zero-order chi connectivity index (χ0) is 16.9. The molecule has 3 rings (SSSR count). The first-order chi connectivity index (χ1) is 11.6. The maximum atomic E-state index is 11.3. The van der Waals surface area contributed by atoms with Crippen LogP contribution in [0, 0.1) is 0 Å². The summed E-state index contributed by atoms with van der Waals surface area (Å²) in [5.74, 6) is 0.890. The van der Waals surface area contributed by atoms with Gasteiger partial charge in [0.05, 0.1) is 24.1 Å². The first-order valence-corrected chi connectivity index (χ1v) is 8.66. The van der Waals surface area contributed by atoms with Gasteiger partial charge in [0.25, 0.3) is 0 Å². The highest BCUT2D eigenvalue weighted by atomic mass is 16.5. The van der Waals surface area contributed by atoms with Crippen LogP contribution in [-0.2, 0) is 0 Å². The summed E-state index contributed by atoms with van der Waals surface area (Å²) < 4.78 is 7.53. The summed E-state index contributed by atoms with van der Waals surface area (Å²) in [6.45, 7) is 6.92. The second-order valence-electron chi connectivity index (χ2n) is 6.45. The van der Waals surface area contributed by atoms with Gasteiger partial charge in [0, 0.05) is 18.8 Å². The fourth-order valence-corrected chi connectivity index (χ4v) is 3.12. The van der Waals surface area contributed by atoms with Gasteiger partial charge in [-0.3, -0.25) is 4.79 Å². The minimum Gasteiger partial charge on any atom is -0.494 e. The minimum atomic E-state index is 0.0218. The predicted molar refractivity (Wildman–Crippen MR) is 93.9 cm³/mol. The largest absolute Gasteiger partial charge is 0.494 e. The Morgan fingerprint density at radius 2 is 2.12 bits per heavy atom. The van der Waals surface area contributed by atoms with Gasteiger partial charge in [0.2, 0.25) is 0 Å². The lowest BCUT2D eigenvalue weighted by Gasteiger charge is -2.20. The van der Waals surface area contributed by atoms with Crippen molar-refractivity contribution in [2.75, 3.05) is 19.7 Å². The quantitative estimate of drug-likeness (QED) is 0.578. The van der Waals surface area contributed by atoms with E-state index in [1.807, 2.05) is 24.3 Å². The average molecular weight is 327 g/mol. The van der Waals surface area contributed by atoms with E-state index in [-0.39, 0.29) is 5.78 Å². The molecule has 1 fully saturated rings. The van der Waals surface area contributed by atoms with E-state index in [4.69, 9.17) is 4.74 Å². The van der Waals surface area contributed by atoms with Crippen LogP contribution in [0.4, 0.5) is 0 Å². The van der Waals surface area contributed by atoms with Gasteiger partial charge >= 0.3 is 0 Å². The van der Waals surface area contributed by atoms with E-state index in [9.17, 15) is 4.79 Å². The van der Waals surface area contributed by atoms with Crippen molar-refractivity contribution < 1.29 is 9.53 Å². The molecule has 0 radical (unpaired) electrons. The normalized spacial score (nSPS) is 18.0. The third-order valence-corrected chi connectivity index (χ3v) is 4.64. The van der Waals surface area contributed by atoms with E-state index in [0.29, 0.717) is 5.56 Å². The van der Waals surface area contributed by atoms with Crippen molar-refractivity contribution in [2.24, 2.45) is 0 Å². The molecule has 0 amide bonds. The second-order valence-corrected chi connectivity index (χ2v) is 6.45. The van der Waals surface area contributed by atoms with Crippen LogP contribution in [0.15, 0.2) is 36.7 Å². The van der Waals surface area contributed by atoms with E-state index in [1.165, 1.54) is 19.4 Å². The average Bonchev–Trinajstić information content (AvgIpc) is 3.22. The Hall–Kier alpha value is -2.14. The van der Waals surface area contributed by atoms with Crippen molar-refractivity contribution in [3.05, 3.63) is 42.2 Å². The number of hydrogen-bond donors (Lipinski definition) is 0. The zero-order valence-electron chi connectivity index (χ0n) is 14.4. The van der Waals surface area contributed by atoms with Crippen LogP contribution in [0.2, 0.25) is 0 Å². The minimum absolute atomic E-state index is 0.0218. The first-order valence-electron chi connectivity index (χ1n) is 8.66. The summed E-state index contributed by atoms with van der Waals surface area (Å²) in [7, 11) is 0. The Labute approximate surface area is 143 Å². The van der Waals surface area contributed by atoms with E-state index in [0.717, 1.165) is 37.1 Å². The van der Waals surface area contributed by atoms with Gasteiger partial charge in [-0.25, -0.2) is 4.68 Å². The Balaban J connectivity index is 1.48. The Kier molecular flexibility index (Phi) is 5.30. The van der Waals surface area contributed by atoms with Crippen LogP contribution in [-0.4, -0.2) is 46.2 Å². The predicted octanol–water partition coefficient (Wildman–Crippen LogP) is 3.33. The lowest BCUT2D eigenvalue weighted by atomic mass is 10.2. The van der Waals surface area contributed by atoms with Crippen LogP contribution in [0.1, 0.15) is 43.5 Å². The molecule has 1 aliphatic rings. The van der Waals surface area contributed by atoms with Gasteiger partial charge in [-0.05, 0) is 63.9 Å². The van der Waals surface area contributed by atoms with Crippen LogP contribution in [0.5, 0.6) is 5.75 Å². The number of Topliss-reactive ketones (excluding diaryl/α,β-unsaturated/α-hetero) is 1. The number of ketones is 1. The zero-order valence-corrected chi connectivity index (χ0v) is 14.4. The number of carbonyl (C=O) groups is 1. The van der Waals surface area contributed by atoms with Gasteiger partial charge in [-0.1, -0.05) is 0 Å². The van der Waals surface area contributed by atoms with E-state index < -0.39 is 0 Å². The topological polar surface area (TPSA) is 47.4 Å². The lowest BCUT2D eigenvalue weighted by molar-refractivity contribution is 0.101. The van der Waals surface area contributed by atoms with E-state index in [1.54, 1.807) is 24.0 Å². The standard InChI is InChI=1S/C19H25N3O2/c1-15-5-3-10-21(15)11-4-12-24-19-8-6-18(7-9-19)22-14-17(13-20-22)16(2)23/h6-9,13-15H,3-5,10-12H2,1-2H3/t15-/m1/s1. The molecule has 0 bridgehead atoms. The van der Waals surface area contributed by atoms with Gasteiger partial charge in [-0.2, -0.15) is 5.10 Å². The molecule has 1 aromatic heterocycles. The fraction of sp³-hybridized carbons (Fsp3) is 0.474. The summed E-state index contributed by atoms with van der Waals surface area (Å²) in [6.07, 6.45) is 7.03. The molecule has 5 heteroatoms. The monoisotopic (exact) mass is 327 g/mol. The number of ether oxygens (including phenoxy) is 1. The van der Waals surface area contributed by atoms with Crippen LogP contribution < -0.4 is 4.74 Å². The van der Waals surface area contributed by atoms with Crippen molar-refractivity contribution in [3.63, 3.8) is 0 Å². The highest BCUT2D eigenvalue weighted by molar-refractivity contribution is 5.93. The molecule has 1 aromatic carbocycles. The van der Waals surface area contributed by atoms with Crippen molar-refractivity contribution >= 4 is 5.78 Å². The number of nitrogens with zero attached hydrogens (tertiary/aromatic N) is 3. The van der Waals surface area contributed by atoms with Gasteiger partial charge in [0.1, 0.15) is 5.75 Å². The number of aromatic nitrogens is 2. The third kappa shape index (κ3) is 4.03. The van der Waals surface area contributed by atoms with E-state index in [2.05, 4.69) is 16.9 Å². The smallest absolute Gasteiger partial charge is 0.162 e. The molecule has 2 aromatic rings. The Bertz CT molecular complexity index is 678. The highest BCUT2D eigenvalue weighted by Crippen LogP contribution is 2.18. The van der Waals surface area contributed by atoms with Crippen molar-refractivity contribution in [2.45, 2.75) is 39.2 Å². The number of benzene rings is 1. The summed E-state index contributed by atoms with van der Waals surface area (Å²) in [5.41, 5.74) is 1.53. The molecule has 128 valence electrons. The maximum absolute atomic E-state index is 11.3. The Morgan fingerprint density at radius 3 is 2.75 bits per heavy atom. The molecule has 1 aliphatic heterocycles. The van der Waals surface area contributed by atoms with Gasteiger partial charge in [0.15, 0.2) is 5.78 Å². The lowest BCUT2D eigenvalue weighted by Crippen LogP contribution is -2.28.